The Morgan fingerprint density at radius 3 is 2.56 bits per heavy atom. The predicted molar refractivity (Wildman–Crippen MR) is 131 cm³/mol. The Hall–Kier alpha value is -2.29. The number of benzene rings is 2. The van der Waals surface area contributed by atoms with E-state index in [1.165, 1.54) is 12.1 Å². The second-order valence-corrected chi connectivity index (χ2v) is 11.9. The zero-order valence-electron chi connectivity index (χ0n) is 19.9. The van der Waals surface area contributed by atoms with Crippen LogP contribution in [-0.2, 0) is 21.3 Å². The van der Waals surface area contributed by atoms with Crippen LogP contribution in [0.25, 0.3) is 0 Å². The van der Waals surface area contributed by atoms with Crippen LogP contribution in [0.1, 0.15) is 51.2 Å². The van der Waals surface area contributed by atoms with Crippen LogP contribution in [0.3, 0.4) is 0 Å². The van der Waals surface area contributed by atoms with E-state index in [1.807, 2.05) is 11.6 Å². The van der Waals surface area contributed by atoms with E-state index in [9.17, 15) is 13.2 Å². The Morgan fingerprint density at radius 2 is 1.91 bits per heavy atom. The number of amides is 2. The summed E-state index contributed by atoms with van der Waals surface area (Å²) in [6, 6.07) is 10.7. The summed E-state index contributed by atoms with van der Waals surface area (Å²) in [5.41, 5.74) is 0.943. The van der Waals surface area contributed by atoms with Crippen molar-refractivity contribution in [1.82, 2.24) is 10.0 Å². The van der Waals surface area contributed by atoms with Crippen LogP contribution < -0.4 is 14.8 Å². The first-order valence-electron chi connectivity index (χ1n) is 11.5. The van der Waals surface area contributed by atoms with Gasteiger partial charge in [0.1, 0.15) is 17.5 Å². The lowest BCUT2D eigenvalue weighted by Crippen LogP contribution is -2.41. The molecule has 9 heteroatoms. The third-order valence-corrected chi connectivity index (χ3v) is 8.78. The number of carbonyl (C=O) groups is 1. The molecule has 7 nitrogen and oxygen atoms in total. The summed E-state index contributed by atoms with van der Waals surface area (Å²) in [5, 5.41) is 3.01. The second kappa shape index (κ2) is 9.06. The molecule has 2 aliphatic rings. The SMILES string of the molecule is Cc1ccc(S(=O)(=O)NC(=O)NCc2c(Cl)cccc2O[C@H]2C[C@@]3(C(C)C)CC[C@]2(C)O3)cc1. The number of hydrogen-bond donors (Lipinski definition) is 2. The van der Waals surface area contributed by atoms with Crippen LogP contribution in [0.5, 0.6) is 5.75 Å². The van der Waals surface area contributed by atoms with Gasteiger partial charge in [0.25, 0.3) is 10.0 Å². The summed E-state index contributed by atoms with van der Waals surface area (Å²) in [7, 11) is -3.99. The van der Waals surface area contributed by atoms with Gasteiger partial charge >= 0.3 is 6.03 Å². The molecule has 0 radical (unpaired) electrons. The van der Waals surface area contributed by atoms with Crippen LogP contribution in [0.4, 0.5) is 4.79 Å². The molecule has 2 N–H and O–H groups in total. The van der Waals surface area contributed by atoms with E-state index >= 15 is 0 Å². The molecule has 34 heavy (non-hydrogen) atoms. The van der Waals surface area contributed by atoms with E-state index in [1.54, 1.807) is 30.3 Å². The average molecular weight is 507 g/mol. The lowest BCUT2D eigenvalue weighted by atomic mass is 9.75. The molecule has 0 unspecified atom stereocenters. The summed E-state index contributed by atoms with van der Waals surface area (Å²) in [6.45, 7) is 8.29. The van der Waals surface area contributed by atoms with Crippen LogP contribution in [0.15, 0.2) is 47.4 Å². The van der Waals surface area contributed by atoms with Gasteiger partial charge in [-0.1, -0.05) is 49.2 Å². The molecule has 2 aromatic carbocycles. The lowest BCUT2D eigenvalue weighted by Gasteiger charge is -2.32. The van der Waals surface area contributed by atoms with Gasteiger partial charge in [0, 0.05) is 23.6 Å². The third-order valence-electron chi connectivity index (χ3n) is 7.07. The molecule has 2 amide bonds. The van der Waals surface area contributed by atoms with E-state index in [-0.39, 0.29) is 28.7 Å². The molecule has 0 aliphatic carbocycles. The standard InChI is InChI=1S/C25H31ClN2O5S/c1-16(2)25-13-12-24(4,33-25)22(14-25)32-21-7-5-6-20(26)19(21)15-27-23(29)28-34(30,31)18-10-8-17(3)9-11-18/h5-11,16,22H,12-15H2,1-4H3,(H2,27,28,29)/t22-,24-,25+/m0/s1. The molecule has 2 fully saturated rings. The number of urea groups is 1. The molecule has 2 heterocycles. The molecule has 2 aromatic rings. The van der Waals surface area contributed by atoms with Crippen molar-refractivity contribution in [2.24, 2.45) is 5.92 Å². The molecule has 3 atom stereocenters. The minimum atomic E-state index is -3.99. The topological polar surface area (TPSA) is 93.7 Å². The Bertz CT molecular complexity index is 1180. The largest absolute Gasteiger partial charge is 0.487 e. The molecule has 0 aromatic heterocycles. The number of nitrogens with one attached hydrogen (secondary N) is 2. The highest BCUT2D eigenvalue weighted by Crippen LogP contribution is 2.55. The van der Waals surface area contributed by atoms with Gasteiger partial charge in [0.2, 0.25) is 0 Å². The van der Waals surface area contributed by atoms with Gasteiger partial charge in [-0.2, -0.15) is 0 Å². The highest BCUT2D eigenvalue weighted by Gasteiger charge is 2.61. The number of fused-ring (bicyclic) bond motifs is 2. The van der Waals surface area contributed by atoms with Gasteiger partial charge in [-0.05, 0) is 56.9 Å². The van der Waals surface area contributed by atoms with Gasteiger partial charge in [0.15, 0.2) is 0 Å². The number of carbonyl (C=O) groups excluding carboxylic acids is 1. The lowest BCUT2D eigenvalue weighted by molar-refractivity contribution is -0.0770. The Labute approximate surface area is 206 Å². The third kappa shape index (κ3) is 4.76. The Morgan fingerprint density at radius 1 is 1.21 bits per heavy atom. The molecule has 2 saturated heterocycles. The number of sulfonamides is 1. The van der Waals surface area contributed by atoms with E-state index in [0.29, 0.717) is 22.3 Å². The van der Waals surface area contributed by atoms with E-state index < -0.39 is 16.1 Å². The van der Waals surface area contributed by atoms with Gasteiger partial charge in [-0.3, -0.25) is 0 Å². The number of halogens is 1. The average Bonchev–Trinajstić information content (AvgIpc) is 3.25. The van der Waals surface area contributed by atoms with Crippen LogP contribution in [0, 0.1) is 12.8 Å². The molecule has 184 valence electrons. The first-order chi connectivity index (χ1) is 15.9. The van der Waals surface area contributed by atoms with Crippen LogP contribution >= 0.6 is 11.6 Å². The summed E-state index contributed by atoms with van der Waals surface area (Å²) in [5.74, 6) is 0.929. The first-order valence-corrected chi connectivity index (χ1v) is 13.3. The fourth-order valence-electron chi connectivity index (χ4n) is 4.81. The number of aryl methyl sites for hydroxylation is 1. The minimum absolute atomic E-state index is 0.00384. The molecule has 2 bridgehead atoms. The van der Waals surface area contributed by atoms with Crippen LogP contribution in [0.2, 0.25) is 5.02 Å². The van der Waals surface area contributed by atoms with Crippen molar-refractivity contribution in [3.8, 4) is 5.75 Å². The van der Waals surface area contributed by atoms with Crippen LogP contribution in [-0.4, -0.2) is 31.8 Å². The Kier molecular flexibility index (Phi) is 6.61. The summed E-state index contributed by atoms with van der Waals surface area (Å²) < 4.78 is 39.9. The van der Waals surface area contributed by atoms with Crippen molar-refractivity contribution < 1.29 is 22.7 Å². The predicted octanol–water partition coefficient (Wildman–Crippen LogP) is 4.95. The van der Waals surface area contributed by atoms with Gasteiger partial charge in [-0.25, -0.2) is 17.9 Å². The smallest absolute Gasteiger partial charge is 0.328 e. The summed E-state index contributed by atoms with van der Waals surface area (Å²) in [6.07, 6.45) is 2.58. The molecule has 2 aliphatic heterocycles. The second-order valence-electron chi connectivity index (χ2n) is 9.76. The maximum atomic E-state index is 12.5. The molecular weight excluding hydrogens is 476 g/mol. The first kappa shape index (κ1) is 24.8. The molecule has 0 saturated carbocycles. The monoisotopic (exact) mass is 506 g/mol. The van der Waals surface area contributed by atoms with Crippen molar-refractivity contribution in [1.29, 1.82) is 0 Å². The van der Waals surface area contributed by atoms with Crippen molar-refractivity contribution in [2.75, 3.05) is 0 Å². The zero-order valence-corrected chi connectivity index (χ0v) is 21.4. The number of ether oxygens (including phenoxy) is 2. The minimum Gasteiger partial charge on any atom is -0.487 e. The molecular formula is C25H31ClN2O5S. The highest BCUT2D eigenvalue weighted by molar-refractivity contribution is 7.90. The molecule has 4 rings (SSSR count). The van der Waals surface area contributed by atoms with Crippen molar-refractivity contribution >= 4 is 27.7 Å². The van der Waals surface area contributed by atoms with E-state index in [4.69, 9.17) is 21.1 Å². The van der Waals surface area contributed by atoms with E-state index in [0.717, 1.165) is 24.8 Å². The fraction of sp³-hybridized carbons (Fsp3) is 0.480. The number of hydrogen-bond acceptors (Lipinski definition) is 5. The van der Waals surface area contributed by atoms with E-state index in [2.05, 4.69) is 26.1 Å². The fourth-order valence-corrected chi connectivity index (χ4v) is 5.97. The maximum Gasteiger partial charge on any atom is 0.328 e. The highest BCUT2D eigenvalue weighted by atomic mass is 35.5. The number of rotatable bonds is 7. The van der Waals surface area contributed by atoms with Gasteiger partial charge < -0.3 is 14.8 Å². The van der Waals surface area contributed by atoms with Crippen molar-refractivity contribution in [2.45, 2.75) is 75.7 Å². The molecule has 0 spiro atoms. The quantitative estimate of drug-likeness (QED) is 0.554. The van der Waals surface area contributed by atoms with Gasteiger partial charge in [-0.15, -0.1) is 0 Å². The van der Waals surface area contributed by atoms with Gasteiger partial charge in [0.05, 0.1) is 10.5 Å². The maximum absolute atomic E-state index is 12.5. The van der Waals surface area contributed by atoms with Crippen molar-refractivity contribution in [3.05, 3.63) is 58.6 Å². The summed E-state index contributed by atoms with van der Waals surface area (Å²) in [4.78, 5) is 12.4. The normalized spacial score (nSPS) is 26.0. The van der Waals surface area contributed by atoms with Crippen molar-refractivity contribution in [3.63, 3.8) is 0 Å². The summed E-state index contributed by atoms with van der Waals surface area (Å²) >= 11 is 6.43. The Balaban J connectivity index is 1.45. The zero-order chi connectivity index (χ0) is 24.7.